The average Bonchev–Trinajstić information content (AvgIpc) is 2.94. The van der Waals surface area contributed by atoms with Crippen LogP contribution in [0.4, 0.5) is 0 Å². The number of nitrogens with zero attached hydrogens (tertiary/aromatic N) is 1. The van der Waals surface area contributed by atoms with Crippen LogP contribution in [0.3, 0.4) is 0 Å². The van der Waals surface area contributed by atoms with Crippen LogP contribution in [0.15, 0.2) is 78.9 Å². The summed E-state index contributed by atoms with van der Waals surface area (Å²) in [5, 5.41) is 3.69. The van der Waals surface area contributed by atoms with Gasteiger partial charge >= 0.3 is 0 Å². The Kier molecular flexibility index (Phi) is 12.0. The van der Waals surface area contributed by atoms with Crippen LogP contribution in [0.5, 0.6) is 11.5 Å². The van der Waals surface area contributed by atoms with E-state index < -0.39 is 6.04 Å². The molecule has 0 saturated heterocycles. The molecule has 0 spiro atoms. The zero-order valence-corrected chi connectivity index (χ0v) is 23.0. The zero-order chi connectivity index (χ0) is 27.2. The quantitative estimate of drug-likeness (QED) is 0.240. The Morgan fingerprint density at radius 1 is 0.921 bits per heavy atom. The van der Waals surface area contributed by atoms with Gasteiger partial charge in [0.25, 0.3) is 0 Å². The molecule has 2 amide bonds. The van der Waals surface area contributed by atoms with Crippen molar-refractivity contribution in [3.05, 3.63) is 95.0 Å². The maximum atomic E-state index is 13.7. The van der Waals surface area contributed by atoms with Gasteiger partial charge in [0, 0.05) is 31.0 Å². The van der Waals surface area contributed by atoms with Crippen LogP contribution in [0.1, 0.15) is 43.7 Å². The summed E-state index contributed by atoms with van der Waals surface area (Å²) < 4.78 is 11.2. The van der Waals surface area contributed by atoms with Crippen molar-refractivity contribution in [3.63, 3.8) is 0 Å². The van der Waals surface area contributed by atoms with Crippen LogP contribution in [0, 0.1) is 0 Å². The first-order chi connectivity index (χ1) is 18.5. The third-order valence-electron chi connectivity index (χ3n) is 6.21. The van der Waals surface area contributed by atoms with Gasteiger partial charge in [-0.1, -0.05) is 67.4 Å². The molecule has 0 radical (unpaired) electrons. The van der Waals surface area contributed by atoms with Gasteiger partial charge in [0.05, 0.1) is 13.7 Å². The van der Waals surface area contributed by atoms with Crippen molar-refractivity contribution in [2.45, 2.75) is 51.6 Å². The van der Waals surface area contributed by atoms with Gasteiger partial charge in [-0.3, -0.25) is 9.59 Å². The average molecular weight is 537 g/mol. The number of methoxy groups -OCH3 is 1. The summed E-state index contributed by atoms with van der Waals surface area (Å²) in [5.74, 6) is 1.17. The highest BCUT2D eigenvalue weighted by Gasteiger charge is 2.30. The van der Waals surface area contributed by atoms with Crippen molar-refractivity contribution >= 4 is 23.4 Å². The lowest BCUT2D eigenvalue weighted by Crippen LogP contribution is -2.50. The molecule has 3 aromatic rings. The number of hydrogen-bond acceptors (Lipinski definition) is 4. The maximum Gasteiger partial charge on any atom is 0.243 e. The van der Waals surface area contributed by atoms with Crippen molar-refractivity contribution < 1.29 is 19.1 Å². The fourth-order valence-corrected chi connectivity index (χ4v) is 4.24. The lowest BCUT2D eigenvalue weighted by Gasteiger charge is -2.32. The Hall–Kier alpha value is -3.51. The number of rotatable bonds is 15. The first-order valence-corrected chi connectivity index (χ1v) is 13.5. The number of ether oxygens (including phenoxy) is 2. The Bertz CT molecular complexity index is 1140. The molecule has 202 valence electrons. The second kappa shape index (κ2) is 15.7. The standard InChI is InChI=1S/C31H37ClN2O4/c1-3-4-19-33-31(36)29(22-24-10-6-5-7-11-24)34(23-25-12-8-13-28(21-25)37-2)30(35)14-9-20-38-27-17-15-26(32)16-18-27/h5-8,10-13,15-18,21,29H,3-4,9,14,19-20,22-23H2,1-2H3,(H,33,36). The fourth-order valence-electron chi connectivity index (χ4n) is 4.12. The molecule has 0 aliphatic heterocycles. The molecule has 0 aliphatic carbocycles. The molecule has 3 rings (SSSR count). The van der Waals surface area contributed by atoms with Crippen molar-refractivity contribution in [2.24, 2.45) is 0 Å². The van der Waals surface area contributed by atoms with E-state index >= 15 is 0 Å². The summed E-state index contributed by atoms with van der Waals surface area (Å²) in [6.07, 6.45) is 3.06. The van der Waals surface area contributed by atoms with Crippen molar-refractivity contribution in [2.75, 3.05) is 20.3 Å². The molecule has 1 atom stereocenters. The topological polar surface area (TPSA) is 67.9 Å². The van der Waals surface area contributed by atoms with Crippen LogP contribution >= 0.6 is 11.6 Å². The van der Waals surface area contributed by atoms with E-state index in [2.05, 4.69) is 12.2 Å². The van der Waals surface area contributed by atoms with Gasteiger partial charge in [-0.25, -0.2) is 0 Å². The first kappa shape index (κ1) is 29.1. The normalized spacial score (nSPS) is 11.4. The molecule has 0 bridgehead atoms. The molecule has 0 aliphatic rings. The molecule has 0 heterocycles. The summed E-state index contributed by atoms with van der Waals surface area (Å²) in [6, 6.07) is 23.9. The van der Waals surface area contributed by atoms with Gasteiger partial charge in [-0.15, -0.1) is 0 Å². The minimum Gasteiger partial charge on any atom is -0.497 e. The van der Waals surface area contributed by atoms with E-state index in [0.29, 0.717) is 49.1 Å². The molecule has 3 aromatic carbocycles. The Labute approximate surface area is 230 Å². The monoisotopic (exact) mass is 536 g/mol. The minimum absolute atomic E-state index is 0.0981. The number of carbonyl (C=O) groups excluding carboxylic acids is 2. The Morgan fingerprint density at radius 2 is 1.66 bits per heavy atom. The number of carbonyl (C=O) groups is 2. The number of nitrogens with one attached hydrogen (secondary N) is 1. The highest BCUT2D eigenvalue weighted by atomic mass is 35.5. The van der Waals surface area contributed by atoms with E-state index in [9.17, 15) is 9.59 Å². The summed E-state index contributed by atoms with van der Waals surface area (Å²) in [5.41, 5.74) is 1.90. The van der Waals surface area contributed by atoms with Crippen molar-refractivity contribution in [1.82, 2.24) is 10.2 Å². The molecule has 0 saturated carbocycles. The molecular weight excluding hydrogens is 500 g/mol. The van der Waals surface area contributed by atoms with Crippen LogP contribution in [0.25, 0.3) is 0 Å². The first-order valence-electron chi connectivity index (χ1n) is 13.1. The van der Waals surface area contributed by atoms with E-state index in [0.717, 1.165) is 24.0 Å². The highest BCUT2D eigenvalue weighted by Crippen LogP contribution is 2.20. The van der Waals surface area contributed by atoms with E-state index in [1.165, 1.54) is 0 Å². The van der Waals surface area contributed by atoms with E-state index in [-0.39, 0.29) is 18.2 Å². The van der Waals surface area contributed by atoms with Crippen molar-refractivity contribution in [3.8, 4) is 11.5 Å². The van der Waals surface area contributed by atoms with Crippen LogP contribution in [0.2, 0.25) is 5.02 Å². The second-order valence-corrected chi connectivity index (χ2v) is 9.57. The number of hydrogen-bond donors (Lipinski definition) is 1. The Balaban J connectivity index is 1.79. The maximum absolute atomic E-state index is 13.7. The number of amides is 2. The van der Waals surface area contributed by atoms with Crippen LogP contribution < -0.4 is 14.8 Å². The number of halogens is 1. The molecule has 38 heavy (non-hydrogen) atoms. The largest absolute Gasteiger partial charge is 0.497 e. The van der Waals surface area contributed by atoms with Crippen LogP contribution in [-0.2, 0) is 22.6 Å². The third-order valence-corrected chi connectivity index (χ3v) is 6.46. The van der Waals surface area contributed by atoms with Gasteiger partial charge in [0.15, 0.2) is 0 Å². The van der Waals surface area contributed by atoms with Crippen LogP contribution in [-0.4, -0.2) is 43.0 Å². The SMILES string of the molecule is CCCCNC(=O)C(Cc1ccccc1)N(Cc1cccc(OC)c1)C(=O)CCCOc1ccc(Cl)cc1. The molecule has 7 heteroatoms. The molecule has 1 unspecified atom stereocenters. The summed E-state index contributed by atoms with van der Waals surface area (Å²) in [6.45, 7) is 3.34. The van der Waals surface area contributed by atoms with Gasteiger partial charge in [-0.2, -0.15) is 0 Å². The van der Waals surface area contributed by atoms with Crippen molar-refractivity contribution in [1.29, 1.82) is 0 Å². The summed E-state index contributed by atoms with van der Waals surface area (Å²) in [4.78, 5) is 28.8. The Morgan fingerprint density at radius 3 is 2.37 bits per heavy atom. The predicted molar refractivity (Wildman–Crippen MR) is 152 cm³/mol. The van der Waals surface area contributed by atoms with E-state index in [1.54, 1.807) is 36.3 Å². The van der Waals surface area contributed by atoms with E-state index in [4.69, 9.17) is 21.1 Å². The van der Waals surface area contributed by atoms with Gasteiger partial charge in [0.1, 0.15) is 17.5 Å². The minimum atomic E-state index is -0.648. The molecule has 1 N–H and O–H groups in total. The van der Waals surface area contributed by atoms with Gasteiger partial charge in [-0.05, 0) is 60.4 Å². The summed E-state index contributed by atoms with van der Waals surface area (Å²) >= 11 is 5.94. The fraction of sp³-hybridized carbons (Fsp3) is 0.355. The molecule has 0 aromatic heterocycles. The third kappa shape index (κ3) is 9.42. The summed E-state index contributed by atoms with van der Waals surface area (Å²) in [7, 11) is 1.61. The number of benzene rings is 3. The molecule has 6 nitrogen and oxygen atoms in total. The zero-order valence-electron chi connectivity index (χ0n) is 22.2. The smallest absolute Gasteiger partial charge is 0.243 e. The second-order valence-electron chi connectivity index (χ2n) is 9.13. The van der Waals surface area contributed by atoms with Gasteiger partial charge in [0.2, 0.25) is 11.8 Å². The lowest BCUT2D eigenvalue weighted by atomic mass is 10.0. The highest BCUT2D eigenvalue weighted by molar-refractivity contribution is 6.30. The molecule has 0 fully saturated rings. The van der Waals surface area contributed by atoms with E-state index in [1.807, 2.05) is 54.6 Å². The van der Waals surface area contributed by atoms with Gasteiger partial charge < -0.3 is 19.7 Å². The lowest BCUT2D eigenvalue weighted by molar-refractivity contribution is -0.141. The number of unbranched alkanes of at least 4 members (excludes halogenated alkanes) is 1. The molecular formula is C31H37ClN2O4. The predicted octanol–water partition coefficient (Wildman–Crippen LogP) is 6.06.